The topological polar surface area (TPSA) is 66.0 Å². The van der Waals surface area contributed by atoms with Gasteiger partial charge in [0.2, 0.25) is 5.91 Å². The summed E-state index contributed by atoms with van der Waals surface area (Å²) in [6, 6.07) is 7.99. The van der Waals surface area contributed by atoms with Crippen molar-refractivity contribution in [3.63, 3.8) is 0 Å². The van der Waals surface area contributed by atoms with Crippen molar-refractivity contribution in [2.45, 2.75) is 13.5 Å². The minimum atomic E-state index is -3.02. The molecule has 0 aliphatic heterocycles. The first-order valence-corrected chi connectivity index (χ1v) is 8.23. The average molecular weight is 393 g/mol. The molecular weight excluding hydrogens is 372 g/mol. The number of amides is 1. The van der Waals surface area contributed by atoms with Crippen molar-refractivity contribution in [3.8, 4) is 23.0 Å². The zero-order valence-electron chi connectivity index (χ0n) is 15.9. The zero-order chi connectivity index (χ0) is 20.7. The molecule has 1 amide bonds. The molecule has 8 heteroatoms. The predicted molar refractivity (Wildman–Crippen MR) is 102 cm³/mol. The fraction of sp³-hybridized carbons (Fsp3) is 0.250. The molecule has 0 heterocycles. The van der Waals surface area contributed by atoms with Crippen molar-refractivity contribution < 1.29 is 32.5 Å². The fourth-order valence-electron chi connectivity index (χ4n) is 2.50. The highest BCUT2D eigenvalue weighted by atomic mass is 19.3. The van der Waals surface area contributed by atoms with Gasteiger partial charge in [0, 0.05) is 23.4 Å². The van der Waals surface area contributed by atoms with Gasteiger partial charge >= 0.3 is 6.61 Å². The van der Waals surface area contributed by atoms with Crippen LogP contribution in [0.3, 0.4) is 0 Å². The van der Waals surface area contributed by atoms with Crippen LogP contribution in [0.2, 0.25) is 0 Å². The molecule has 0 aliphatic carbocycles. The third kappa shape index (κ3) is 5.12. The second kappa shape index (κ2) is 9.59. The number of anilines is 1. The van der Waals surface area contributed by atoms with Gasteiger partial charge in [0.25, 0.3) is 0 Å². The van der Waals surface area contributed by atoms with Crippen LogP contribution in [0.4, 0.5) is 14.5 Å². The number of methoxy groups -OCH3 is 3. The number of benzene rings is 2. The van der Waals surface area contributed by atoms with Crippen LogP contribution >= 0.6 is 0 Å². The van der Waals surface area contributed by atoms with Crippen molar-refractivity contribution in [2.24, 2.45) is 0 Å². The molecule has 0 radical (unpaired) electrons. The number of ether oxygens (including phenoxy) is 4. The molecule has 0 unspecified atom stereocenters. The number of halogens is 2. The molecule has 0 spiro atoms. The lowest BCUT2D eigenvalue weighted by Gasteiger charge is -2.13. The van der Waals surface area contributed by atoms with Crippen LogP contribution in [0.1, 0.15) is 11.1 Å². The average Bonchev–Trinajstić information content (AvgIpc) is 2.67. The summed E-state index contributed by atoms with van der Waals surface area (Å²) in [6.07, 6.45) is 2.58. The molecule has 2 aromatic carbocycles. The van der Waals surface area contributed by atoms with Gasteiger partial charge in [-0.2, -0.15) is 8.78 Å². The molecule has 2 aromatic rings. The number of hydrogen-bond donors (Lipinski definition) is 1. The molecule has 0 bridgehead atoms. The standard InChI is InChI=1S/C20H21F2NO5/c1-12-10-16(26-3)17(27-4)11-14(12)23-18(24)9-8-13-6-5-7-15(25-2)19(13)28-20(21)22/h5-11,20H,1-4H3,(H,23,24)/b9-8+. The summed E-state index contributed by atoms with van der Waals surface area (Å²) >= 11 is 0. The molecule has 0 saturated carbocycles. The van der Waals surface area contributed by atoms with E-state index in [-0.39, 0.29) is 17.1 Å². The van der Waals surface area contributed by atoms with Crippen LogP contribution in [-0.4, -0.2) is 33.8 Å². The van der Waals surface area contributed by atoms with Crippen LogP contribution in [0, 0.1) is 6.92 Å². The van der Waals surface area contributed by atoms with E-state index in [0.29, 0.717) is 17.2 Å². The Balaban J connectivity index is 2.23. The van der Waals surface area contributed by atoms with Gasteiger partial charge in [0.05, 0.1) is 21.3 Å². The number of aryl methyl sites for hydroxylation is 1. The van der Waals surface area contributed by atoms with Crippen molar-refractivity contribution >= 4 is 17.7 Å². The molecular formula is C20H21F2NO5. The maximum atomic E-state index is 12.7. The first-order valence-electron chi connectivity index (χ1n) is 8.23. The van der Waals surface area contributed by atoms with Gasteiger partial charge in [0.15, 0.2) is 23.0 Å². The Kier molecular flexibility index (Phi) is 7.20. The van der Waals surface area contributed by atoms with Crippen molar-refractivity contribution in [1.82, 2.24) is 0 Å². The Morgan fingerprint density at radius 2 is 1.68 bits per heavy atom. The second-order valence-electron chi connectivity index (χ2n) is 5.60. The normalized spacial score (nSPS) is 10.8. The second-order valence-corrected chi connectivity index (χ2v) is 5.60. The first-order chi connectivity index (χ1) is 13.4. The van der Waals surface area contributed by atoms with Crippen LogP contribution in [0.5, 0.6) is 23.0 Å². The Hall–Kier alpha value is -3.29. The minimum absolute atomic E-state index is 0.138. The smallest absolute Gasteiger partial charge is 0.387 e. The van der Waals surface area contributed by atoms with E-state index >= 15 is 0 Å². The van der Waals surface area contributed by atoms with E-state index in [4.69, 9.17) is 14.2 Å². The van der Waals surface area contributed by atoms with E-state index in [2.05, 4.69) is 10.1 Å². The number of para-hydroxylation sites is 1. The molecule has 6 nitrogen and oxygen atoms in total. The van der Waals surface area contributed by atoms with Crippen molar-refractivity contribution in [2.75, 3.05) is 26.6 Å². The summed E-state index contributed by atoms with van der Waals surface area (Å²) in [5, 5.41) is 2.71. The molecule has 2 rings (SSSR count). The van der Waals surface area contributed by atoms with E-state index in [1.165, 1.54) is 45.6 Å². The van der Waals surface area contributed by atoms with E-state index in [1.54, 1.807) is 25.1 Å². The number of carbonyl (C=O) groups is 1. The Labute approximate surface area is 161 Å². The van der Waals surface area contributed by atoms with E-state index in [0.717, 1.165) is 5.56 Å². The summed E-state index contributed by atoms with van der Waals surface area (Å²) in [7, 11) is 4.35. The van der Waals surface area contributed by atoms with Crippen molar-refractivity contribution in [3.05, 3.63) is 47.5 Å². The lowest BCUT2D eigenvalue weighted by molar-refractivity contribution is -0.111. The predicted octanol–water partition coefficient (Wildman–Crippen LogP) is 4.27. The fourth-order valence-corrected chi connectivity index (χ4v) is 2.50. The first kappa shape index (κ1) is 21.0. The Morgan fingerprint density at radius 3 is 2.29 bits per heavy atom. The number of nitrogens with one attached hydrogen (secondary N) is 1. The SMILES string of the molecule is COc1cc(C)c(NC(=O)/C=C/c2cccc(OC)c2OC(F)F)cc1OC. The van der Waals surface area contributed by atoms with Crippen LogP contribution in [0.25, 0.3) is 6.08 Å². The van der Waals surface area contributed by atoms with Crippen LogP contribution in [0.15, 0.2) is 36.4 Å². The summed E-state index contributed by atoms with van der Waals surface area (Å²) in [6.45, 7) is -1.22. The number of alkyl halides is 2. The van der Waals surface area contributed by atoms with Gasteiger partial charge in [-0.3, -0.25) is 4.79 Å². The molecule has 28 heavy (non-hydrogen) atoms. The van der Waals surface area contributed by atoms with Gasteiger partial charge in [-0.1, -0.05) is 12.1 Å². The molecule has 0 saturated heterocycles. The summed E-state index contributed by atoms with van der Waals surface area (Å²) in [5.41, 5.74) is 1.57. The van der Waals surface area contributed by atoms with Gasteiger partial charge < -0.3 is 24.3 Å². The molecule has 150 valence electrons. The Bertz CT molecular complexity index is 868. The summed E-state index contributed by atoms with van der Waals surface area (Å²) in [5.74, 6) is 0.539. The molecule has 0 aliphatic rings. The van der Waals surface area contributed by atoms with Gasteiger partial charge in [-0.05, 0) is 30.7 Å². The highest BCUT2D eigenvalue weighted by Gasteiger charge is 2.14. The molecule has 0 aromatic heterocycles. The highest BCUT2D eigenvalue weighted by molar-refractivity contribution is 6.02. The largest absolute Gasteiger partial charge is 0.493 e. The molecule has 1 N–H and O–H groups in total. The lowest BCUT2D eigenvalue weighted by atomic mass is 10.1. The summed E-state index contributed by atoms with van der Waals surface area (Å²) < 4.78 is 45.3. The van der Waals surface area contributed by atoms with Crippen LogP contribution in [-0.2, 0) is 4.79 Å². The van der Waals surface area contributed by atoms with Gasteiger partial charge in [0.1, 0.15) is 0 Å². The Morgan fingerprint density at radius 1 is 1.04 bits per heavy atom. The monoisotopic (exact) mass is 393 g/mol. The van der Waals surface area contributed by atoms with Gasteiger partial charge in [-0.25, -0.2) is 0 Å². The zero-order valence-corrected chi connectivity index (χ0v) is 15.9. The number of hydrogen-bond acceptors (Lipinski definition) is 5. The third-order valence-corrected chi connectivity index (χ3v) is 3.84. The van der Waals surface area contributed by atoms with Crippen molar-refractivity contribution in [1.29, 1.82) is 0 Å². The quantitative estimate of drug-likeness (QED) is 0.679. The van der Waals surface area contributed by atoms with Gasteiger partial charge in [-0.15, -0.1) is 0 Å². The summed E-state index contributed by atoms with van der Waals surface area (Å²) in [4.78, 5) is 12.3. The van der Waals surface area contributed by atoms with Crippen LogP contribution < -0.4 is 24.3 Å². The molecule has 0 atom stereocenters. The van der Waals surface area contributed by atoms with E-state index in [9.17, 15) is 13.6 Å². The van der Waals surface area contributed by atoms with E-state index < -0.39 is 12.5 Å². The lowest BCUT2D eigenvalue weighted by Crippen LogP contribution is -2.09. The number of carbonyl (C=O) groups excluding carboxylic acids is 1. The highest BCUT2D eigenvalue weighted by Crippen LogP contribution is 2.34. The maximum absolute atomic E-state index is 12.7. The molecule has 0 fully saturated rings. The third-order valence-electron chi connectivity index (χ3n) is 3.84. The minimum Gasteiger partial charge on any atom is -0.493 e. The van der Waals surface area contributed by atoms with E-state index in [1.807, 2.05) is 0 Å². The number of rotatable bonds is 8. The maximum Gasteiger partial charge on any atom is 0.387 e.